The lowest BCUT2D eigenvalue weighted by molar-refractivity contribution is -0.134. The molecule has 6 nitrogen and oxygen atoms in total. The predicted molar refractivity (Wildman–Crippen MR) is 65.8 cm³/mol. The van der Waals surface area contributed by atoms with E-state index in [1.165, 1.54) is 4.88 Å². The van der Waals surface area contributed by atoms with E-state index in [0.29, 0.717) is 0 Å². The molecule has 0 unspecified atom stereocenters. The van der Waals surface area contributed by atoms with Gasteiger partial charge in [-0.1, -0.05) is 0 Å². The molecule has 0 aliphatic heterocycles. The molecule has 0 aliphatic rings. The molecule has 7 heteroatoms. The third-order valence-corrected chi connectivity index (χ3v) is 2.05. The van der Waals surface area contributed by atoms with Crippen molar-refractivity contribution in [1.82, 2.24) is 0 Å². The van der Waals surface area contributed by atoms with E-state index in [1.54, 1.807) is 17.6 Å². The molecule has 0 atom stereocenters. The molecule has 0 amide bonds. The van der Waals surface area contributed by atoms with Crippen LogP contribution in [0.5, 0.6) is 0 Å². The second-order valence-electron chi connectivity index (χ2n) is 2.74. The topological polar surface area (TPSA) is 114 Å². The van der Waals surface area contributed by atoms with Crippen LogP contribution in [-0.2, 0) is 4.79 Å². The highest BCUT2D eigenvalue weighted by atomic mass is 32.1. The number of carboxylic acids is 1. The molecular weight excluding hydrogens is 228 g/mol. The lowest BCUT2D eigenvalue weighted by Gasteiger charge is -1.82. The largest absolute Gasteiger partial charge is 0.481 e. The molecule has 0 bridgehead atoms. The zero-order chi connectivity index (χ0) is 12.6. The van der Waals surface area contributed by atoms with Crippen molar-refractivity contribution in [3.05, 3.63) is 21.9 Å². The highest BCUT2D eigenvalue weighted by molar-refractivity contribution is 7.13. The summed E-state index contributed by atoms with van der Waals surface area (Å²) < 4.78 is 0. The van der Waals surface area contributed by atoms with E-state index in [0.717, 1.165) is 11.8 Å². The first-order chi connectivity index (χ1) is 7.41. The number of thiophene rings is 1. The second-order valence-corrected chi connectivity index (χ2v) is 4.06. The molecule has 0 spiro atoms. The molecule has 1 aromatic heterocycles. The Kier molecular flexibility index (Phi) is 6.53. The SMILES string of the molecule is CC(=O)O.Cc1ccc(/C=N/N=C(N)N)s1. The van der Waals surface area contributed by atoms with Crippen LogP contribution in [0, 0.1) is 6.92 Å². The van der Waals surface area contributed by atoms with E-state index < -0.39 is 5.97 Å². The summed E-state index contributed by atoms with van der Waals surface area (Å²) in [5.74, 6) is -0.862. The average Bonchev–Trinajstić information content (AvgIpc) is 2.49. The van der Waals surface area contributed by atoms with E-state index in [9.17, 15) is 0 Å². The van der Waals surface area contributed by atoms with Crippen LogP contribution in [0.25, 0.3) is 0 Å². The number of nitrogens with two attached hydrogens (primary N) is 2. The molecule has 1 aromatic rings. The highest BCUT2D eigenvalue weighted by Crippen LogP contribution is 2.12. The Morgan fingerprint density at radius 3 is 2.44 bits per heavy atom. The third-order valence-electron chi connectivity index (χ3n) is 1.12. The lowest BCUT2D eigenvalue weighted by atomic mass is 10.4. The van der Waals surface area contributed by atoms with Crippen molar-refractivity contribution in [2.45, 2.75) is 13.8 Å². The maximum atomic E-state index is 9.00. The lowest BCUT2D eigenvalue weighted by Crippen LogP contribution is -2.21. The standard InChI is InChI=1S/C7H10N4S.C2H4O2/c1-5-2-3-6(12-5)4-10-11-7(8)9;1-2(3)4/h2-4H,1H3,(H4,8,9,11);1H3,(H,3,4)/b10-4+;. The van der Waals surface area contributed by atoms with Crippen molar-refractivity contribution in [1.29, 1.82) is 0 Å². The van der Waals surface area contributed by atoms with Crippen LogP contribution in [0.2, 0.25) is 0 Å². The average molecular weight is 242 g/mol. The van der Waals surface area contributed by atoms with Gasteiger partial charge in [0.1, 0.15) is 0 Å². The molecule has 0 radical (unpaired) electrons. The Bertz CT molecular complexity index is 390. The van der Waals surface area contributed by atoms with Crippen molar-refractivity contribution in [2.75, 3.05) is 0 Å². The number of rotatable bonds is 2. The van der Waals surface area contributed by atoms with Crippen LogP contribution in [-0.4, -0.2) is 23.2 Å². The number of carbonyl (C=O) groups is 1. The van der Waals surface area contributed by atoms with Crippen LogP contribution in [0.15, 0.2) is 22.3 Å². The van der Waals surface area contributed by atoms with Crippen molar-refractivity contribution in [3.8, 4) is 0 Å². The first kappa shape index (κ1) is 14.1. The van der Waals surface area contributed by atoms with E-state index in [-0.39, 0.29) is 5.96 Å². The summed E-state index contributed by atoms with van der Waals surface area (Å²) in [7, 11) is 0. The van der Waals surface area contributed by atoms with Gasteiger partial charge in [-0.3, -0.25) is 4.79 Å². The molecule has 0 fully saturated rings. The summed E-state index contributed by atoms with van der Waals surface area (Å²) in [6.45, 7) is 3.11. The first-order valence-electron chi connectivity index (χ1n) is 4.29. The Labute approximate surface area is 97.3 Å². The van der Waals surface area contributed by atoms with Gasteiger partial charge >= 0.3 is 0 Å². The number of hydrogen-bond acceptors (Lipinski definition) is 4. The number of aryl methyl sites for hydroxylation is 1. The summed E-state index contributed by atoms with van der Waals surface area (Å²) in [5, 5.41) is 14.6. The zero-order valence-corrected chi connectivity index (χ0v) is 9.86. The van der Waals surface area contributed by atoms with Gasteiger partial charge in [-0.15, -0.1) is 16.4 Å². The van der Waals surface area contributed by atoms with Crippen LogP contribution in [0.1, 0.15) is 16.7 Å². The van der Waals surface area contributed by atoms with Gasteiger partial charge in [-0.2, -0.15) is 5.10 Å². The van der Waals surface area contributed by atoms with Crippen LogP contribution < -0.4 is 11.5 Å². The van der Waals surface area contributed by atoms with E-state index in [2.05, 4.69) is 10.2 Å². The highest BCUT2D eigenvalue weighted by Gasteiger charge is 1.90. The number of aliphatic carboxylic acids is 1. The Balaban J connectivity index is 0.000000487. The maximum Gasteiger partial charge on any atom is 0.300 e. The fourth-order valence-electron chi connectivity index (χ4n) is 0.675. The van der Waals surface area contributed by atoms with Crippen LogP contribution in [0.4, 0.5) is 0 Å². The van der Waals surface area contributed by atoms with Crippen molar-refractivity contribution in [2.24, 2.45) is 21.7 Å². The molecule has 5 N–H and O–H groups in total. The molecule has 0 saturated heterocycles. The van der Waals surface area contributed by atoms with E-state index in [4.69, 9.17) is 21.4 Å². The van der Waals surface area contributed by atoms with Crippen LogP contribution in [0.3, 0.4) is 0 Å². The number of guanidine groups is 1. The second kappa shape index (κ2) is 7.41. The minimum absolute atomic E-state index is 0.0282. The summed E-state index contributed by atoms with van der Waals surface area (Å²) >= 11 is 1.64. The van der Waals surface area contributed by atoms with Crippen molar-refractivity contribution in [3.63, 3.8) is 0 Å². The quantitative estimate of drug-likeness (QED) is 0.403. The zero-order valence-electron chi connectivity index (χ0n) is 9.04. The first-order valence-corrected chi connectivity index (χ1v) is 5.11. The normalized spacial score (nSPS) is 9.38. The summed E-state index contributed by atoms with van der Waals surface area (Å²) in [5.41, 5.74) is 10.2. The summed E-state index contributed by atoms with van der Waals surface area (Å²) in [4.78, 5) is 11.3. The van der Waals surface area contributed by atoms with E-state index >= 15 is 0 Å². The molecule has 16 heavy (non-hydrogen) atoms. The van der Waals surface area contributed by atoms with Gasteiger partial charge in [-0.25, -0.2) is 0 Å². The fourth-order valence-corrected chi connectivity index (χ4v) is 1.42. The molecule has 1 rings (SSSR count). The van der Waals surface area contributed by atoms with Gasteiger partial charge in [-0.05, 0) is 19.1 Å². The Morgan fingerprint density at radius 2 is 2.06 bits per heavy atom. The van der Waals surface area contributed by atoms with Gasteiger partial charge in [0.2, 0.25) is 5.96 Å². The molecule has 1 heterocycles. The maximum absolute atomic E-state index is 9.00. The van der Waals surface area contributed by atoms with Crippen LogP contribution >= 0.6 is 11.3 Å². The minimum Gasteiger partial charge on any atom is -0.481 e. The molecular formula is C9H14N4O2S. The van der Waals surface area contributed by atoms with Gasteiger partial charge in [0, 0.05) is 16.7 Å². The van der Waals surface area contributed by atoms with Gasteiger partial charge < -0.3 is 16.6 Å². The summed E-state index contributed by atoms with van der Waals surface area (Å²) in [6.07, 6.45) is 1.62. The predicted octanol–water partition coefficient (Wildman–Crippen LogP) is 0.755. The number of nitrogens with zero attached hydrogens (tertiary/aromatic N) is 2. The smallest absolute Gasteiger partial charge is 0.300 e. The number of carboxylic acid groups (broad SMARTS) is 1. The minimum atomic E-state index is -0.833. The monoisotopic (exact) mass is 242 g/mol. The fraction of sp³-hybridized carbons (Fsp3) is 0.222. The molecule has 88 valence electrons. The molecule has 0 saturated carbocycles. The molecule has 0 aromatic carbocycles. The van der Waals surface area contributed by atoms with Crippen molar-refractivity contribution >= 4 is 29.5 Å². The van der Waals surface area contributed by atoms with Gasteiger partial charge in [0.25, 0.3) is 5.97 Å². The Hall–Kier alpha value is -1.89. The number of hydrogen-bond donors (Lipinski definition) is 3. The van der Waals surface area contributed by atoms with Gasteiger partial charge in [0.05, 0.1) is 6.21 Å². The van der Waals surface area contributed by atoms with E-state index in [1.807, 2.05) is 19.1 Å². The van der Waals surface area contributed by atoms with Crippen molar-refractivity contribution < 1.29 is 9.90 Å². The molecule has 0 aliphatic carbocycles. The summed E-state index contributed by atoms with van der Waals surface area (Å²) in [6, 6.07) is 3.98. The van der Waals surface area contributed by atoms with Gasteiger partial charge in [0.15, 0.2) is 0 Å². The third kappa shape index (κ3) is 8.70. The Morgan fingerprint density at radius 1 is 1.50 bits per heavy atom.